The molecule has 0 N–H and O–H groups in total. The van der Waals surface area contributed by atoms with Gasteiger partial charge in [0.15, 0.2) is 11.4 Å². The number of rotatable bonds is 7. The van der Waals surface area contributed by atoms with E-state index in [2.05, 4.69) is 4.99 Å². The average Bonchev–Trinajstić information content (AvgIpc) is 3.00. The maximum atomic E-state index is 12.4. The number of halogens is 3. The molecule has 0 atom stereocenters. The lowest BCUT2D eigenvalue weighted by Crippen LogP contribution is -2.21. The molecular formula is C19H17Cl3N2O3S. The van der Waals surface area contributed by atoms with E-state index in [-0.39, 0.29) is 6.61 Å². The Hall–Kier alpha value is -1.57. The van der Waals surface area contributed by atoms with Crippen LogP contribution in [0.5, 0.6) is 5.75 Å². The van der Waals surface area contributed by atoms with Crippen LogP contribution >= 0.6 is 46.1 Å². The van der Waals surface area contributed by atoms with E-state index < -0.39 is 5.91 Å². The molecule has 0 aliphatic rings. The lowest BCUT2D eigenvalue weighted by atomic mass is 10.3. The molecule has 1 heterocycles. The van der Waals surface area contributed by atoms with E-state index in [1.807, 2.05) is 29.7 Å². The summed E-state index contributed by atoms with van der Waals surface area (Å²) in [5, 5.41) is 1.43. The van der Waals surface area contributed by atoms with Crippen LogP contribution in [0.15, 0.2) is 41.4 Å². The number of ether oxygens (including phenoxy) is 2. The number of amides is 1. The number of nitrogens with zero attached hydrogens (tertiary/aromatic N) is 2. The van der Waals surface area contributed by atoms with Crippen LogP contribution in [0.2, 0.25) is 15.1 Å². The van der Waals surface area contributed by atoms with Crippen molar-refractivity contribution in [1.82, 2.24) is 4.57 Å². The van der Waals surface area contributed by atoms with Gasteiger partial charge >= 0.3 is 0 Å². The lowest BCUT2D eigenvalue weighted by Gasteiger charge is -2.07. The van der Waals surface area contributed by atoms with Crippen molar-refractivity contribution in [2.75, 3.05) is 19.8 Å². The van der Waals surface area contributed by atoms with Crippen LogP contribution in [-0.2, 0) is 16.1 Å². The summed E-state index contributed by atoms with van der Waals surface area (Å²) in [6, 6.07) is 10.4. The van der Waals surface area contributed by atoms with E-state index in [0.717, 1.165) is 10.2 Å². The second-order valence-electron chi connectivity index (χ2n) is 5.69. The number of carbonyl (C=O) groups is 1. The molecular weight excluding hydrogens is 443 g/mol. The van der Waals surface area contributed by atoms with Crippen LogP contribution in [0.25, 0.3) is 10.2 Å². The van der Waals surface area contributed by atoms with Gasteiger partial charge in [-0.1, -0.05) is 52.2 Å². The summed E-state index contributed by atoms with van der Waals surface area (Å²) in [4.78, 5) is 17.1. The number of para-hydroxylation sites is 1. The number of thiazole rings is 1. The van der Waals surface area contributed by atoms with Gasteiger partial charge in [-0.15, -0.1) is 0 Å². The third kappa shape index (κ3) is 5.07. The first-order chi connectivity index (χ1) is 13.5. The van der Waals surface area contributed by atoms with Crippen molar-refractivity contribution < 1.29 is 14.3 Å². The van der Waals surface area contributed by atoms with Crippen molar-refractivity contribution in [2.45, 2.75) is 13.5 Å². The van der Waals surface area contributed by atoms with Gasteiger partial charge in [0, 0.05) is 18.2 Å². The highest BCUT2D eigenvalue weighted by atomic mass is 35.5. The highest BCUT2D eigenvalue weighted by Gasteiger charge is 2.12. The van der Waals surface area contributed by atoms with Gasteiger partial charge in [0.1, 0.15) is 5.75 Å². The molecule has 1 aromatic heterocycles. The quantitative estimate of drug-likeness (QED) is 0.456. The SMILES string of the molecule is CCOCCn1c(=NC(=O)COc2ccc(Cl)cc2Cl)sc2cccc(Cl)c21. The summed E-state index contributed by atoms with van der Waals surface area (Å²) in [5.41, 5.74) is 0.835. The van der Waals surface area contributed by atoms with Crippen LogP contribution in [0.3, 0.4) is 0 Å². The summed E-state index contributed by atoms with van der Waals surface area (Å²) >= 11 is 19.7. The molecule has 0 unspecified atom stereocenters. The smallest absolute Gasteiger partial charge is 0.286 e. The molecule has 148 valence electrons. The molecule has 0 spiro atoms. The fraction of sp³-hybridized carbons (Fsp3) is 0.263. The third-order valence-electron chi connectivity index (χ3n) is 3.78. The van der Waals surface area contributed by atoms with Gasteiger partial charge in [-0.3, -0.25) is 4.79 Å². The molecule has 5 nitrogen and oxygen atoms in total. The van der Waals surface area contributed by atoms with Gasteiger partial charge in [-0.05, 0) is 37.3 Å². The first kappa shape index (κ1) is 21.1. The zero-order chi connectivity index (χ0) is 20.1. The number of hydrogen-bond donors (Lipinski definition) is 0. The Morgan fingerprint density at radius 3 is 2.75 bits per heavy atom. The summed E-state index contributed by atoms with van der Waals surface area (Å²) in [7, 11) is 0. The molecule has 0 saturated heterocycles. The zero-order valence-electron chi connectivity index (χ0n) is 15.0. The van der Waals surface area contributed by atoms with Crippen molar-refractivity contribution in [3.05, 3.63) is 56.3 Å². The Morgan fingerprint density at radius 1 is 1.18 bits per heavy atom. The van der Waals surface area contributed by atoms with E-state index in [1.54, 1.807) is 18.2 Å². The second kappa shape index (κ2) is 9.76. The highest BCUT2D eigenvalue weighted by Crippen LogP contribution is 2.27. The van der Waals surface area contributed by atoms with Crippen molar-refractivity contribution in [3.63, 3.8) is 0 Å². The minimum atomic E-state index is -0.432. The second-order valence-corrected chi connectivity index (χ2v) is 7.95. The van der Waals surface area contributed by atoms with Crippen LogP contribution in [0.1, 0.15) is 6.92 Å². The van der Waals surface area contributed by atoms with E-state index in [0.29, 0.717) is 45.4 Å². The lowest BCUT2D eigenvalue weighted by molar-refractivity contribution is -0.120. The van der Waals surface area contributed by atoms with E-state index >= 15 is 0 Å². The molecule has 0 aliphatic heterocycles. The van der Waals surface area contributed by atoms with E-state index in [4.69, 9.17) is 44.3 Å². The largest absolute Gasteiger partial charge is 0.482 e. The number of aromatic nitrogens is 1. The first-order valence-corrected chi connectivity index (χ1v) is 10.5. The normalized spacial score (nSPS) is 11.9. The Bertz CT molecular complexity index is 1060. The van der Waals surface area contributed by atoms with Gasteiger partial charge in [-0.25, -0.2) is 0 Å². The maximum Gasteiger partial charge on any atom is 0.286 e. The average molecular weight is 460 g/mol. The van der Waals surface area contributed by atoms with Crippen molar-refractivity contribution >= 4 is 62.3 Å². The molecule has 1 amide bonds. The molecule has 3 rings (SSSR count). The van der Waals surface area contributed by atoms with Gasteiger partial charge < -0.3 is 14.0 Å². The predicted octanol–water partition coefficient (Wildman–Crippen LogP) is 5.21. The van der Waals surface area contributed by atoms with Crippen LogP contribution < -0.4 is 9.54 Å². The fourth-order valence-electron chi connectivity index (χ4n) is 2.55. The highest BCUT2D eigenvalue weighted by molar-refractivity contribution is 7.16. The molecule has 3 aromatic rings. The number of hydrogen-bond acceptors (Lipinski definition) is 4. The first-order valence-electron chi connectivity index (χ1n) is 8.50. The molecule has 0 fully saturated rings. The third-order valence-corrected chi connectivity index (χ3v) is 5.66. The van der Waals surface area contributed by atoms with Gasteiger partial charge in [0.05, 0.1) is 26.9 Å². The van der Waals surface area contributed by atoms with Gasteiger partial charge in [0.2, 0.25) is 0 Å². The Morgan fingerprint density at radius 2 is 2.00 bits per heavy atom. The minimum absolute atomic E-state index is 0.241. The minimum Gasteiger partial charge on any atom is -0.482 e. The van der Waals surface area contributed by atoms with E-state index in [9.17, 15) is 4.79 Å². The zero-order valence-corrected chi connectivity index (χ0v) is 18.0. The molecule has 0 saturated carbocycles. The van der Waals surface area contributed by atoms with Crippen molar-refractivity contribution in [2.24, 2.45) is 4.99 Å². The van der Waals surface area contributed by atoms with Crippen molar-refractivity contribution in [1.29, 1.82) is 0 Å². The molecule has 0 bridgehead atoms. The molecule has 2 aromatic carbocycles. The summed E-state index contributed by atoms with van der Waals surface area (Å²) in [6.07, 6.45) is 0. The molecule has 9 heteroatoms. The Balaban J connectivity index is 1.86. The van der Waals surface area contributed by atoms with Gasteiger partial charge in [-0.2, -0.15) is 4.99 Å². The Kier molecular flexibility index (Phi) is 7.37. The summed E-state index contributed by atoms with van der Waals surface area (Å²) in [5.74, 6) is -0.0583. The van der Waals surface area contributed by atoms with Crippen molar-refractivity contribution in [3.8, 4) is 5.75 Å². The number of benzene rings is 2. The standard InChI is InChI=1S/C19H17Cl3N2O3S/c1-2-26-9-8-24-18-13(21)4-3-5-16(18)28-19(24)23-17(25)11-27-15-7-6-12(20)10-14(15)22/h3-7,10H,2,8-9,11H2,1H3. The molecule has 0 aliphatic carbocycles. The number of carbonyl (C=O) groups excluding carboxylic acids is 1. The maximum absolute atomic E-state index is 12.4. The van der Waals surface area contributed by atoms with Crippen LogP contribution in [0, 0.1) is 0 Å². The topological polar surface area (TPSA) is 52.8 Å². The van der Waals surface area contributed by atoms with Gasteiger partial charge in [0.25, 0.3) is 5.91 Å². The monoisotopic (exact) mass is 458 g/mol. The van der Waals surface area contributed by atoms with E-state index in [1.165, 1.54) is 11.3 Å². The van der Waals surface area contributed by atoms with Crippen LogP contribution in [0.4, 0.5) is 0 Å². The number of fused-ring (bicyclic) bond motifs is 1. The summed E-state index contributed by atoms with van der Waals surface area (Å²) < 4.78 is 13.8. The summed E-state index contributed by atoms with van der Waals surface area (Å²) in [6.45, 7) is 3.32. The predicted molar refractivity (Wildman–Crippen MR) is 114 cm³/mol. The molecule has 0 radical (unpaired) electrons. The van der Waals surface area contributed by atoms with Crippen LogP contribution in [-0.4, -0.2) is 30.3 Å². The fourth-order valence-corrected chi connectivity index (χ4v) is 4.45. The Labute approximate surface area is 181 Å². The molecule has 28 heavy (non-hydrogen) atoms.